The highest BCUT2D eigenvalue weighted by Crippen LogP contribution is 2.25. The molecule has 0 radical (unpaired) electrons. The molecule has 0 fully saturated rings. The van der Waals surface area contributed by atoms with Gasteiger partial charge < -0.3 is 9.88 Å². The van der Waals surface area contributed by atoms with Crippen LogP contribution in [0.2, 0.25) is 5.02 Å². The van der Waals surface area contributed by atoms with E-state index in [1.165, 1.54) is 6.07 Å². The van der Waals surface area contributed by atoms with Gasteiger partial charge >= 0.3 is 0 Å². The number of hydrogen-bond acceptors (Lipinski definition) is 2. The van der Waals surface area contributed by atoms with Crippen LogP contribution >= 0.6 is 11.6 Å². The lowest BCUT2D eigenvalue weighted by Gasteiger charge is -2.18. The molecule has 1 N–H and O–H groups in total. The molecule has 102 valence electrons. The van der Waals surface area contributed by atoms with E-state index >= 15 is 0 Å². The lowest BCUT2D eigenvalue weighted by atomic mass is 10.1. The summed E-state index contributed by atoms with van der Waals surface area (Å²) in [7, 11) is 1.85. The summed E-state index contributed by atoms with van der Waals surface area (Å²) in [5.41, 5.74) is 0.900. The Morgan fingerprint density at radius 1 is 1.47 bits per heavy atom. The van der Waals surface area contributed by atoms with Gasteiger partial charge in [0, 0.05) is 18.9 Å². The second-order valence-corrected chi connectivity index (χ2v) is 4.78. The Morgan fingerprint density at radius 2 is 2.26 bits per heavy atom. The number of rotatable bonds is 5. The van der Waals surface area contributed by atoms with Gasteiger partial charge in [0.05, 0.1) is 11.1 Å². The maximum absolute atomic E-state index is 13.2. The summed E-state index contributed by atoms with van der Waals surface area (Å²) >= 11 is 5.85. The smallest absolute Gasteiger partial charge is 0.141 e. The summed E-state index contributed by atoms with van der Waals surface area (Å²) in [5.74, 6) is 0.504. The summed E-state index contributed by atoms with van der Waals surface area (Å²) in [4.78, 5) is 4.40. The van der Waals surface area contributed by atoms with E-state index in [2.05, 4.69) is 21.8 Å². The Labute approximate surface area is 117 Å². The van der Waals surface area contributed by atoms with E-state index in [1.54, 1.807) is 18.3 Å². The van der Waals surface area contributed by atoms with Crippen LogP contribution in [0.1, 0.15) is 30.8 Å². The van der Waals surface area contributed by atoms with Crippen LogP contribution in [0.15, 0.2) is 30.6 Å². The number of aromatic nitrogens is 2. The SMILES string of the molecule is CCCn1ccnc1C(NC)c1ccc(F)c(Cl)c1. The fourth-order valence-corrected chi connectivity index (χ4v) is 2.34. The first-order valence-corrected chi connectivity index (χ1v) is 6.68. The molecule has 0 saturated heterocycles. The number of imidazole rings is 1. The summed E-state index contributed by atoms with van der Waals surface area (Å²) in [5, 5.41) is 3.33. The van der Waals surface area contributed by atoms with E-state index in [4.69, 9.17) is 11.6 Å². The Morgan fingerprint density at radius 3 is 2.89 bits per heavy atom. The van der Waals surface area contributed by atoms with Gasteiger partial charge in [-0.2, -0.15) is 0 Å². The standard InChI is InChI=1S/C14H17ClFN3/c1-3-7-19-8-6-18-14(19)13(17-2)10-4-5-12(16)11(15)9-10/h4-6,8-9,13,17H,3,7H2,1-2H3. The highest BCUT2D eigenvalue weighted by molar-refractivity contribution is 6.30. The van der Waals surface area contributed by atoms with E-state index in [9.17, 15) is 4.39 Å². The van der Waals surface area contributed by atoms with Crippen LogP contribution in [-0.2, 0) is 6.54 Å². The van der Waals surface area contributed by atoms with Crippen molar-refractivity contribution in [2.75, 3.05) is 7.05 Å². The van der Waals surface area contributed by atoms with Crippen molar-refractivity contribution in [3.05, 3.63) is 52.8 Å². The van der Waals surface area contributed by atoms with Crippen molar-refractivity contribution >= 4 is 11.6 Å². The van der Waals surface area contributed by atoms with Gasteiger partial charge in [0.15, 0.2) is 0 Å². The van der Waals surface area contributed by atoms with Crippen LogP contribution in [-0.4, -0.2) is 16.6 Å². The van der Waals surface area contributed by atoms with Crippen molar-refractivity contribution in [1.29, 1.82) is 0 Å². The summed E-state index contributed by atoms with van der Waals surface area (Å²) in [6.45, 7) is 3.02. The zero-order valence-electron chi connectivity index (χ0n) is 11.0. The number of halogens is 2. The van der Waals surface area contributed by atoms with Crippen LogP contribution in [0, 0.1) is 5.82 Å². The topological polar surface area (TPSA) is 29.9 Å². The predicted octanol–water partition coefficient (Wildman–Crippen LogP) is 3.39. The summed E-state index contributed by atoms with van der Waals surface area (Å²) in [6, 6.07) is 4.66. The summed E-state index contributed by atoms with van der Waals surface area (Å²) < 4.78 is 15.3. The molecule has 0 aliphatic heterocycles. The molecule has 3 nitrogen and oxygen atoms in total. The van der Waals surface area contributed by atoms with Crippen molar-refractivity contribution in [3.63, 3.8) is 0 Å². The normalized spacial score (nSPS) is 12.6. The van der Waals surface area contributed by atoms with E-state index < -0.39 is 5.82 Å². The van der Waals surface area contributed by atoms with E-state index in [-0.39, 0.29) is 11.1 Å². The van der Waals surface area contributed by atoms with Crippen LogP contribution in [0.5, 0.6) is 0 Å². The van der Waals surface area contributed by atoms with Gasteiger partial charge in [-0.15, -0.1) is 0 Å². The first kappa shape index (κ1) is 14.0. The third-order valence-corrected chi connectivity index (χ3v) is 3.33. The Bertz CT molecular complexity index is 553. The molecule has 1 aromatic heterocycles. The maximum Gasteiger partial charge on any atom is 0.141 e. The molecule has 5 heteroatoms. The molecular weight excluding hydrogens is 265 g/mol. The van der Waals surface area contributed by atoms with Gasteiger partial charge in [0.1, 0.15) is 11.6 Å². The van der Waals surface area contributed by atoms with E-state index in [1.807, 2.05) is 13.2 Å². The molecule has 0 aliphatic rings. The number of benzene rings is 1. The number of nitrogens with zero attached hydrogens (tertiary/aromatic N) is 2. The van der Waals surface area contributed by atoms with Gasteiger partial charge in [-0.05, 0) is 31.2 Å². The first-order valence-electron chi connectivity index (χ1n) is 6.30. The van der Waals surface area contributed by atoms with Crippen molar-refractivity contribution < 1.29 is 4.39 Å². The van der Waals surface area contributed by atoms with Gasteiger partial charge in [-0.25, -0.2) is 9.37 Å². The molecule has 0 spiro atoms. The lowest BCUT2D eigenvalue weighted by Crippen LogP contribution is -2.22. The van der Waals surface area contributed by atoms with Crippen molar-refractivity contribution in [3.8, 4) is 0 Å². The highest BCUT2D eigenvalue weighted by Gasteiger charge is 2.18. The molecule has 19 heavy (non-hydrogen) atoms. The zero-order valence-corrected chi connectivity index (χ0v) is 11.8. The molecule has 2 aromatic rings. The summed E-state index contributed by atoms with van der Waals surface area (Å²) in [6.07, 6.45) is 4.76. The van der Waals surface area contributed by atoms with Crippen LogP contribution < -0.4 is 5.32 Å². The molecule has 1 heterocycles. The van der Waals surface area contributed by atoms with Gasteiger partial charge in [0.2, 0.25) is 0 Å². The molecule has 0 bridgehead atoms. The maximum atomic E-state index is 13.2. The third-order valence-electron chi connectivity index (χ3n) is 3.04. The Kier molecular flexibility index (Phi) is 4.56. The quantitative estimate of drug-likeness (QED) is 0.910. The second kappa shape index (κ2) is 6.17. The molecule has 1 unspecified atom stereocenters. The van der Waals surface area contributed by atoms with Crippen molar-refractivity contribution in [1.82, 2.24) is 14.9 Å². The molecule has 0 aliphatic carbocycles. The van der Waals surface area contributed by atoms with Crippen LogP contribution in [0.4, 0.5) is 4.39 Å². The highest BCUT2D eigenvalue weighted by atomic mass is 35.5. The third kappa shape index (κ3) is 2.96. The van der Waals surface area contributed by atoms with Crippen molar-refractivity contribution in [2.45, 2.75) is 25.9 Å². The Hall–Kier alpha value is -1.39. The van der Waals surface area contributed by atoms with Gasteiger partial charge in [-0.3, -0.25) is 0 Å². The monoisotopic (exact) mass is 281 g/mol. The molecule has 0 amide bonds. The first-order chi connectivity index (χ1) is 9.17. The van der Waals surface area contributed by atoms with Gasteiger partial charge in [0.25, 0.3) is 0 Å². The molecular formula is C14H17ClFN3. The molecule has 1 atom stereocenters. The van der Waals surface area contributed by atoms with Gasteiger partial charge in [-0.1, -0.05) is 24.6 Å². The minimum Gasteiger partial charge on any atom is -0.333 e. The van der Waals surface area contributed by atoms with E-state index in [0.29, 0.717) is 0 Å². The minimum absolute atomic E-state index is 0.0975. The second-order valence-electron chi connectivity index (χ2n) is 4.37. The average Bonchev–Trinajstić information content (AvgIpc) is 2.83. The molecule has 0 saturated carbocycles. The van der Waals surface area contributed by atoms with Crippen LogP contribution in [0.25, 0.3) is 0 Å². The fourth-order valence-electron chi connectivity index (χ4n) is 2.15. The number of nitrogens with one attached hydrogen (secondary N) is 1. The van der Waals surface area contributed by atoms with Crippen LogP contribution in [0.3, 0.4) is 0 Å². The van der Waals surface area contributed by atoms with Crippen molar-refractivity contribution in [2.24, 2.45) is 0 Å². The largest absolute Gasteiger partial charge is 0.333 e. The molecule has 1 aromatic carbocycles. The predicted molar refractivity (Wildman–Crippen MR) is 74.8 cm³/mol. The average molecular weight is 282 g/mol. The fraction of sp³-hybridized carbons (Fsp3) is 0.357. The number of hydrogen-bond donors (Lipinski definition) is 1. The zero-order chi connectivity index (χ0) is 13.8. The number of aryl methyl sites for hydroxylation is 1. The Balaban J connectivity index is 2.38. The minimum atomic E-state index is -0.405. The lowest BCUT2D eigenvalue weighted by molar-refractivity contribution is 0.566. The van der Waals surface area contributed by atoms with E-state index in [0.717, 1.165) is 24.4 Å². The molecule has 2 rings (SSSR count).